The molecule has 3 aliphatic rings. The van der Waals surface area contributed by atoms with Crippen molar-refractivity contribution in [2.24, 2.45) is 17.3 Å². The van der Waals surface area contributed by atoms with Gasteiger partial charge in [-0.05, 0) is 57.2 Å². The summed E-state index contributed by atoms with van der Waals surface area (Å²) in [5, 5.41) is 8.81. The van der Waals surface area contributed by atoms with Crippen molar-refractivity contribution in [2.75, 3.05) is 45.9 Å². The highest BCUT2D eigenvalue weighted by molar-refractivity contribution is 5.77. The molecule has 4 rings (SSSR count). The van der Waals surface area contributed by atoms with E-state index < -0.39 is 0 Å². The van der Waals surface area contributed by atoms with Crippen molar-refractivity contribution in [1.82, 2.24) is 24.6 Å². The molecule has 3 fully saturated rings. The number of carbonyl (C=O) groups is 1. The summed E-state index contributed by atoms with van der Waals surface area (Å²) < 4.78 is 7.93. The van der Waals surface area contributed by atoms with Crippen LogP contribution in [0.4, 0.5) is 0 Å². The maximum atomic E-state index is 13.3. The van der Waals surface area contributed by atoms with Crippen LogP contribution in [0.25, 0.3) is 0 Å². The van der Waals surface area contributed by atoms with E-state index in [-0.39, 0.29) is 11.3 Å². The number of hydrogen-bond donors (Lipinski definition) is 0. The van der Waals surface area contributed by atoms with Gasteiger partial charge >= 0.3 is 0 Å². The number of nitrogens with zero attached hydrogens (tertiary/aromatic N) is 5. The monoisotopic (exact) mass is 417 g/mol. The van der Waals surface area contributed by atoms with Gasteiger partial charge in [-0.15, -0.1) is 10.2 Å². The van der Waals surface area contributed by atoms with Crippen LogP contribution < -0.4 is 0 Å². The zero-order valence-corrected chi connectivity index (χ0v) is 19.1. The van der Waals surface area contributed by atoms with Gasteiger partial charge in [-0.25, -0.2) is 0 Å². The summed E-state index contributed by atoms with van der Waals surface area (Å²) in [6.45, 7) is 14.2. The second kappa shape index (κ2) is 9.35. The summed E-state index contributed by atoms with van der Waals surface area (Å²) in [5.74, 6) is 2.74. The fourth-order valence-corrected chi connectivity index (χ4v) is 5.75. The van der Waals surface area contributed by atoms with Crippen LogP contribution in [0.15, 0.2) is 6.33 Å². The van der Waals surface area contributed by atoms with Crippen molar-refractivity contribution in [1.29, 1.82) is 0 Å². The molecule has 0 bridgehead atoms. The van der Waals surface area contributed by atoms with Crippen LogP contribution >= 0.6 is 0 Å². The van der Waals surface area contributed by atoms with E-state index in [0.29, 0.717) is 24.2 Å². The van der Waals surface area contributed by atoms with Crippen molar-refractivity contribution in [2.45, 2.75) is 65.3 Å². The van der Waals surface area contributed by atoms with Crippen LogP contribution in [0.2, 0.25) is 0 Å². The number of hydrogen-bond acceptors (Lipinski definition) is 5. The largest absolute Gasteiger partial charge is 0.381 e. The Morgan fingerprint density at radius 3 is 2.67 bits per heavy atom. The minimum atomic E-state index is 0.0846. The van der Waals surface area contributed by atoms with Crippen molar-refractivity contribution >= 4 is 5.91 Å². The Morgan fingerprint density at radius 1 is 1.27 bits per heavy atom. The van der Waals surface area contributed by atoms with E-state index in [1.807, 2.05) is 6.33 Å². The SMILES string of the molecule is CCN1CCC(CC(=O)N2CC(c3nncn3CC(C)C)C3(CCOCC3)C2)CC1. The molecule has 1 amide bonds. The predicted molar refractivity (Wildman–Crippen MR) is 116 cm³/mol. The first-order chi connectivity index (χ1) is 14.5. The van der Waals surface area contributed by atoms with Crippen LogP contribution in [0.5, 0.6) is 0 Å². The zero-order chi connectivity index (χ0) is 21.1. The molecule has 7 nitrogen and oxygen atoms in total. The van der Waals surface area contributed by atoms with Gasteiger partial charge in [0.05, 0.1) is 0 Å². The van der Waals surface area contributed by atoms with E-state index >= 15 is 0 Å². The molecular formula is C23H39N5O2. The lowest BCUT2D eigenvalue weighted by atomic mass is 9.71. The van der Waals surface area contributed by atoms with Crippen LogP contribution in [0.1, 0.15) is 64.6 Å². The second-order valence-electron chi connectivity index (χ2n) is 10.1. The lowest BCUT2D eigenvalue weighted by Crippen LogP contribution is -2.39. The molecule has 0 aliphatic carbocycles. The van der Waals surface area contributed by atoms with Gasteiger partial charge in [0.25, 0.3) is 0 Å². The molecule has 0 saturated carbocycles. The summed E-state index contributed by atoms with van der Waals surface area (Å²) >= 11 is 0. The summed E-state index contributed by atoms with van der Waals surface area (Å²) in [6, 6.07) is 0. The van der Waals surface area contributed by atoms with Crippen molar-refractivity contribution in [3.63, 3.8) is 0 Å². The number of amides is 1. The van der Waals surface area contributed by atoms with Crippen LogP contribution in [-0.4, -0.2) is 76.4 Å². The topological polar surface area (TPSA) is 63.5 Å². The van der Waals surface area contributed by atoms with Crippen molar-refractivity contribution in [3.8, 4) is 0 Å². The minimum absolute atomic E-state index is 0.0846. The average molecular weight is 418 g/mol. The Balaban J connectivity index is 1.47. The lowest BCUT2D eigenvalue weighted by Gasteiger charge is -2.37. The average Bonchev–Trinajstić information content (AvgIpc) is 3.33. The van der Waals surface area contributed by atoms with Gasteiger partial charge < -0.3 is 19.1 Å². The number of piperidine rings is 1. The first-order valence-electron chi connectivity index (χ1n) is 12.0. The molecule has 1 aromatic rings. The molecule has 1 unspecified atom stereocenters. The van der Waals surface area contributed by atoms with E-state index in [1.54, 1.807) is 0 Å². The molecule has 1 spiro atoms. The highest BCUT2D eigenvalue weighted by atomic mass is 16.5. The summed E-state index contributed by atoms with van der Waals surface area (Å²) in [7, 11) is 0. The molecule has 1 aromatic heterocycles. The standard InChI is InChI=1S/C23H39N5O2/c1-4-26-9-5-19(6-10-26)13-21(29)27-15-20(23(16-27)7-11-30-12-8-23)22-25-24-17-28(22)14-18(2)3/h17-20H,4-16H2,1-3H3. The second-order valence-corrected chi connectivity index (χ2v) is 10.1. The zero-order valence-electron chi connectivity index (χ0n) is 19.1. The highest BCUT2D eigenvalue weighted by Crippen LogP contribution is 2.49. The first-order valence-corrected chi connectivity index (χ1v) is 12.0. The Hall–Kier alpha value is -1.47. The third-order valence-corrected chi connectivity index (χ3v) is 7.63. The number of aromatic nitrogens is 3. The fourth-order valence-electron chi connectivity index (χ4n) is 5.75. The van der Waals surface area contributed by atoms with Gasteiger partial charge in [0.15, 0.2) is 0 Å². The fraction of sp³-hybridized carbons (Fsp3) is 0.870. The Morgan fingerprint density at radius 2 is 2.00 bits per heavy atom. The maximum absolute atomic E-state index is 13.3. The number of ether oxygens (including phenoxy) is 1. The van der Waals surface area contributed by atoms with Crippen LogP contribution in [-0.2, 0) is 16.1 Å². The summed E-state index contributed by atoms with van der Waals surface area (Å²) in [4.78, 5) is 17.9. The molecule has 1 atom stereocenters. The van der Waals surface area contributed by atoms with E-state index in [0.717, 1.165) is 84.0 Å². The van der Waals surface area contributed by atoms with E-state index in [9.17, 15) is 4.79 Å². The van der Waals surface area contributed by atoms with Crippen LogP contribution in [0.3, 0.4) is 0 Å². The maximum Gasteiger partial charge on any atom is 0.222 e. The lowest BCUT2D eigenvalue weighted by molar-refractivity contribution is -0.132. The molecule has 0 aromatic carbocycles. The molecule has 0 radical (unpaired) electrons. The smallest absolute Gasteiger partial charge is 0.222 e. The van der Waals surface area contributed by atoms with Gasteiger partial charge in [-0.1, -0.05) is 20.8 Å². The van der Waals surface area contributed by atoms with Gasteiger partial charge in [0.1, 0.15) is 12.2 Å². The van der Waals surface area contributed by atoms with E-state index in [4.69, 9.17) is 4.74 Å². The summed E-state index contributed by atoms with van der Waals surface area (Å²) in [6.07, 6.45) is 6.89. The van der Waals surface area contributed by atoms with Gasteiger partial charge in [-0.3, -0.25) is 4.79 Å². The van der Waals surface area contributed by atoms with Crippen LogP contribution in [0, 0.1) is 17.3 Å². The van der Waals surface area contributed by atoms with Gasteiger partial charge in [0, 0.05) is 50.6 Å². The first kappa shape index (κ1) is 21.8. The molecule has 7 heteroatoms. The third-order valence-electron chi connectivity index (χ3n) is 7.63. The number of likely N-dealkylation sites (tertiary alicyclic amines) is 2. The minimum Gasteiger partial charge on any atom is -0.381 e. The molecule has 168 valence electrons. The van der Waals surface area contributed by atoms with E-state index in [2.05, 4.69) is 45.3 Å². The van der Waals surface area contributed by atoms with Crippen molar-refractivity contribution < 1.29 is 9.53 Å². The molecular weight excluding hydrogens is 378 g/mol. The number of carbonyl (C=O) groups excluding carboxylic acids is 1. The molecule has 30 heavy (non-hydrogen) atoms. The Labute approximate surface area is 181 Å². The predicted octanol–water partition coefficient (Wildman–Crippen LogP) is 2.78. The highest BCUT2D eigenvalue weighted by Gasteiger charge is 2.51. The molecule has 3 aliphatic heterocycles. The Bertz CT molecular complexity index is 704. The third kappa shape index (κ3) is 4.57. The van der Waals surface area contributed by atoms with Gasteiger partial charge in [-0.2, -0.15) is 0 Å². The normalized spacial score (nSPS) is 25.5. The van der Waals surface area contributed by atoms with Crippen molar-refractivity contribution in [3.05, 3.63) is 12.2 Å². The molecule has 4 heterocycles. The number of rotatable bonds is 6. The van der Waals surface area contributed by atoms with E-state index in [1.165, 1.54) is 0 Å². The van der Waals surface area contributed by atoms with Gasteiger partial charge in [0.2, 0.25) is 5.91 Å². The Kier molecular flexibility index (Phi) is 6.78. The summed E-state index contributed by atoms with van der Waals surface area (Å²) in [5.41, 5.74) is 0.0846. The quantitative estimate of drug-likeness (QED) is 0.712. The molecule has 3 saturated heterocycles. The molecule has 0 N–H and O–H groups in total.